The van der Waals surface area contributed by atoms with Crippen molar-refractivity contribution in [3.8, 4) is 0 Å². The van der Waals surface area contributed by atoms with Crippen molar-refractivity contribution in [3.05, 3.63) is 146 Å². The van der Waals surface area contributed by atoms with E-state index in [1.54, 1.807) is 0 Å². The van der Waals surface area contributed by atoms with E-state index in [1.807, 2.05) is 12.2 Å². The molecule has 0 aliphatic heterocycles. The van der Waals surface area contributed by atoms with E-state index in [0.29, 0.717) is 32.1 Å². The van der Waals surface area contributed by atoms with E-state index in [9.17, 15) is 43.2 Å². The quantitative estimate of drug-likeness (QED) is 0.0169. The molecule has 5 unspecified atom stereocenters. The van der Waals surface area contributed by atoms with Gasteiger partial charge in [-0.3, -0.25) is 37.3 Å². The van der Waals surface area contributed by atoms with Crippen molar-refractivity contribution < 1.29 is 80.2 Å². The molecule has 0 spiro atoms. The molecule has 0 radical (unpaired) electrons. The molecule has 0 heterocycles. The van der Waals surface area contributed by atoms with E-state index in [0.717, 1.165) is 161 Å². The van der Waals surface area contributed by atoms with E-state index < -0.39 is 97.5 Å². The number of aliphatic hydroxyl groups is 1. The molecule has 0 aliphatic carbocycles. The number of hydrogen-bond acceptors (Lipinski definition) is 15. The number of unbranched alkanes of at least 4 members (excludes halogenated alkanes) is 22. The van der Waals surface area contributed by atoms with Crippen LogP contribution in [-0.4, -0.2) is 96.7 Å². The Morgan fingerprint density at radius 2 is 0.539 bits per heavy atom. The fraction of sp³-hybridized carbons (Fsp3) is 0.663. The van der Waals surface area contributed by atoms with Crippen LogP contribution in [-0.2, 0) is 65.4 Å². The zero-order chi connectivity index (χ0) is 74.6. The van der Waals surface area contributed by atoms with Crippen molar-refractivity contribution >= 4 is 39.5 Å². The summed E-state index contributed by atoms with van der Waals surface area (Å²) in [5.74, 6) is -2.30. The van der Waals surface area contributed by atoms with E-state index in [1.165, 1.54) is 51.4 Å². The molecule has 19 heteroatoms. The fourth-order valence-electron chi connectivity index (χ4n) is 9.91. The van der Waals surface area contributed by atoms with Crippen molar-refractivity contribution in [2.24, 2.45) is 0 Å². The minimum absolute atomic E-state index is 0.0660. The summed E-state index contributed by atoms with van der Waals surface area (Å²) in [6.45, 7) is 4.46. The normalized spacial score (nSPS) is 14.7. The van der Waals surface area contributed by atoms with Crippen LogP contribution >= 0.6 is 15.6 Å². The number of allylic oxidation sites excluding steroid dienone is 24. The Labute approximate surface area is 617 Å². The number of esters is 4. The van der Waals surface area contributed by atoms with Gasteiger partial charge in [0.25, 0.3) is 0 Å². The van der Waals surface area contributed by atoms with Crippen molar-refractivity contribution in [1.82, 2.24) is 0 Å². The van der Waals surface area contributed by atoms with Crippen LogP contribution in [0.25, 0.3) is 0 Å². The smallest absolute Gasteiger partial charge is 0.462 e. The summed E-state index contributed by atoms with van der Waals surface area (Å²) < 4.78 is 68.4. The predicted octanol–water partition coefficient (Wildman–Crippen LogP) is 22.7. The maximum atomic E-state index is 13.1. The van der Waals surface area contributed by atoms with Crippen LogP contribution in [0, 0.1) is 0 Å². The molecule has 0 bridgehead atoms. The molecule has 0 rings (SSSR count). The van der Waals surface area contributed by atoms with Crippen LogP contribution in [0.2, 0.25) is 0 Å². The Balaban J connectivity index is 5.42. The van der Waals surface area contributed by atoms with Gasteiger partial charge in [-0.25, -0.2) is 9.13 Å². The van der Waals surface area contributed by atoms with Crippen molar-refractivity contribution in [2.75, 3.05) is 39.6 Å². The third-order valence-corrected chi connectivity index (χ3v) is 17.7. The summed E-state index contributed by atoms with van der Waals surface area (Å²) >= 11 is 0. The highest BCUT2D eigenvalue weighted by Crippen LogP contribution is 2.45. The van der Waals surface area contributed by atoms with Gasteiger partial charge in [0.15, 0.2) is 12.2 Å². The summed E-state index contributed by atoms with van der Waals surface area (Å²) in [7, 11) is -9.99. The Hall–Kier alpha value is -5.06. The minimum atomic E-state index is -4.99. The fourth-order valence-corrected chi connectivity index (χ4v) is 11.5. The van der Waals surface area contributed by atoms with Gasteiger partial charge in [-0.2, -0.15) is 0 Å². The SMILES string of the molecule is CC/C=C\C/C=C\C/C=C\C/C=C\C/C=C\CCCCCC(=O)OCC(COP(=O)(O)OCC(O)COP(=O)(O)OCC(COC(=O)CCC/C=C\C/C=C\C/C=C\C/C=C\C/C=C\CC)OC(=O)CCCCCCCCCCCCCCC)OC(=O)CCCCCCC/C=C\C/C=C\CCC. The molecular formula is C83H138O17P2. The Morgan fingerprint density at radius 3 is 0.873 bits per heavy atom. The Bertz CT molecular complexity index is 2510. The van der Waals surface area contributed by atoms with Gasteiger partial charge in [-0.05, 0) is 135 Å². The molecule has 3 N–H and O–H groups in total. The van der Waals surface area contributed by atoms with Gasteiger partial charge in [0.2, 0.25) is 0 Å². The van der Waals surface area contributed by atoms with Gasteiger partial charge in [0.1, 0.15) is 19.3 Å². The van der Waals surface area contributed by atoms with Crippen molar-refractivity contribution in [2.45, 2.75) is 316 Å². The lowest BCUT2D eigenvalue weighted by molar-refractivity contribution is -0.161. The molecule has 0 saturated heterocycles. The zero-order valence-electron chi connectivity index (χ0n) is 63.5. The minimum Gasteiger partial charge on any atom is -0.462 e. The van der Waals surface area contributed by atoms with E-state index in [2.05, 4.69) is 161 Å². The number of ether oxygens (including phenoxy) is 4. The first kappa shape index (κ1) is 96.9. The number of rotatable bonds is 72. The standard InChI is InChI=1S/C83H138O17P2/c1-5-9-13-17-21-25-29-33-35-37-38-40-42-46-48-52-56-60-64-68-81(86)94-74-79(100-83(88)70-66-62-58-54-50-44-32-28-24-20-16-12-8-4)76-98-102(91,92)96-72-77(84)71-95-101(89,90)97-75-78(99-82(87)69-65-61-57-53-49-43-31-27-23-19-15-11-7-3)73-93-80(85)67-63-59-55-51-47-45-41-39-36-34-30-26-22-18-14-10-6-2/h9-10,13-14,16,20-22,25-26,28,32-36,38,40-41,45-46,48,51,55,77-79,84H,5-8,11-12,15,17-19,23-24,27,29-31,37,39,42-44,47,49-50,52-54,56-76H2,1-4H3,(H,89,90)(H,91,92)/b13-9-,14-10-,20-16-,25-21-,26-22-,32-28-,35-33-,36-34-,40-38-,45-41-,48-46-,55-51-. The molecule has 102 heavy (non-hydrogen) atoms. The molecule has 0 aromatic heterocycles. The number of aliphatic hydroxyl groups excluding tert-OH is 1. The molecule has 17 nitrogen and oxygen atoms in total. The summed E-state index contributed by atoms with van der Waals surface area (Å²) in [4.78, 5) is 72.9. The molecule has 0 amide bonds. The molecule has 582 valence electrons. The van der Waals surface area contributed by atoms with Gasteiger partial charge in [-0.15, -0.1) is 0 Å². The number of carbonyl (C=O) groups excluding carboxylic acids is 4. The lowest BCUT2D eigenvalue weighted by Crippen LogP contribution is -2.30. The highest BCUT2D eigenvalue weighted by molar-refractivity contribution is 7.47. The first-order valence-corrected chi connectivity index (χ1v) is 42.1. The van der Waals surface area contributed by atoms with Gasteiger partial charge in [-0.1, -0.05) is 283 Å². The maximum absolute atomic E-state index is 13.1. The van der Waals surface area contributed by atoms with Crippen LogP contribution in [0.1, 0.15) is 297 Å². The lowest BCUT2D eigenvalue weighted by Gasteiger charge is -2.21. The summed E-state index contributed by atoms with van der Waals surface area (Å²) in [5.41, 5.74) is 0. The lowest BCUT2D eigenvalue weighted by atomic mass is 10.0. The second-order valence-electron chi connectivity index (χ2n) is 25.5. The van der Waals surface area contributed by atoms with Gasteiger partial charge in [0, 0.05) is 25.7 Å². The van der Waals surface area contributed by atoms with E-state index in [4.69, 9.17) is 37.0 Å². The zero-order valence-corrected chi connectivity index (χ0v) is 65.3. The topological polar surface area (TPSA) is 237 Å². The number of phosphoric ester groups is 2. The Morgan fingerprint density at radius 1 is 0.284 bits per heavy atom. The second-order valence-corrected chi connectivity index (χ2v) is 28.4. The first-order chi connectivity index (χ1) is 49.7. The van der Waals surface area contributed by atoms with Crippen molar-refractivity contribution in [1.29, 1.82) is 0 Å². The molecule has 0 aromatic carbocycles. The van der Waals surface area contributed by atoms with E-state index in [-0.39, 0.29) is 25.7 Å². The van der Waals surface area contributed by atoms with Crippen LogP contribution < -0.4 is 0 Å². The highest BCUT2D eigenvalue weighted by Gasteiger charge is 2.30. The molecule has 0 aliphatic rings. The average molecular weight is 1470 g/mol. The molecule has 0 aromatic rings. The van der Waals surface area contributed by atoms with Crippen molar-refractivity contribution in [3.63, 3.8) is 0 Å². The third kappa shape index (κ3) is 73.3. The molecule has 0 fully saturated rings. The Kier molecular flexibility index (Phi) is 70.5. The molecule has 0 saturated carbocycles. The maximum Gasteiger partial charge on any atom is 0.472 e. The second kappa shape index (κ2) is 74.2. The average Bonchev–Trinajstić information content (AvgIpc) is 0.909. The number of carbonyl (C=O) groups is 4. The third-order valence-electron chi connectivity index (χ3n) is 15.8. The summed E-state index contributed by atoms with van der Waals surface area (Å²) in [6, 6.07) is 0. The van der Waals surface area contributed by atoms with Gasteiger partial charge in [0.05, 0.1) is 26.4 Å². The first-order valence-electron chi connectivity index (χ1n) is 39.1. The predicted molar refractivity (Wildman–Crippen MR) is 417 cm³/mol. The van der Waals surface area contributed by atoms with E-state index >= 15 is 0 Å². The summed E-state index contributed by atoms with van der Waals surface area (Å²) in [5, 5.41) is 10.6. The van der Waals surface area contributed by atoms with Crippen LogP contribution in [0.3, 0.4) is 0 Å². The van der Waals surface area contributed by atoms with Crippen LogP contribution in [0.15, 0.2) is 146 Å². The highest BCUT2D eigenvalue weighted by atomic mass is 31.2. The number of phosphoric acid groups is 2. The van der Waals surface area contributed by atoms with Gasteiger partial charge >= 0.3 is 39.5 Å². The largest absolute Gasteiger partial charge is 0.472 e. The van der Waals surface area contributed by atoms with Crippen LogP contribution in [0.5, 0.6) is 0 Å². The van der Waals surface area contributed by atoms with Crippen LogP contribution in [0.4, 0.5) is 0 Å². The molecule has 5 atom stereocenters. The molecular weight excluding hydrogens is 1330 g/mol. The monoisotopic (exact) mass is 1470 g/mol. The number of hydrogen-bond donors (Lipinski definition) is 3. The van der Waals surface area contributed by atoms with Gasteiger partial charge < -0.3 is 33.8 Å². The summed E-state index contributed by atoms with van der Waals surface area (Å²) in [6.07, 6.45) is 84.1.